The molecule has 88 valence electrons. The van der Waals surface area contributed by atoms with Gasteiger partial charge >= 0.3 is 0 Å². The molecule has 1 aliphatic carbocycles. The summed E-state index contributed by atoms with van der Waals surface area (Å²) in [7, 11) is 0. The zero-order valence-electron chi connectivity index (χ0n) is 10.4. The highest BCUT2D eigenvalue weighted by atomic mass is 32.2. The molecule has 1 N–H and O–H groups in total. The van der Waals surface area contributed by atoms with Gasteiger partial charge in [-0.15, -0.1) is 0 Å². The Hall–Kier alpha value is -0.630. The van der Waals surface area contributed by atoms with Gasteiger partial charge in [0.25, 0.3) is 0 Å². The van der Waals surface area contributed by atoms with Crippen molar-refractivity contribution in [2.45, 2.75) is 38.5 Å². The first-order valence-corrected chi connectivity index (χ1v) is 7.38. The van der Waals surface area contributed by atoms with Crippen molar-refractivity contribution in [2.75, 3.05) is 11.6 Å². The molecule has 0 bridgehead atoms. The minimum absolute atomic E-state index is 0.540. The Balaban J connectivity index is 1.94. The van der Waals surface area contributed by atoms with Crippen molar-refractivity contribution < 1.29 is 0 Å². The number of nitrogens with one attached hydrogen (secondary N) is 1. The van der Waals surface area contributed by atoms with Crippen molar-refractivity contribution in [1.29, 1.82) is 0 Å². The average molecular weight is 235 g/mol. The van der Waals surface area contributed by atoms with Crippen LogP contribution in [0.25, 0.3) is 0 Å². The molecule has 1 aromatic rings. The number of rotatable bonds is 5. The quantitative estimate of drug-likeness (QED) is 0.823. The van der Waals surface area contributed by atoms with Crippen LogP contribution in [0, 0.1) is 5.41 Å². The first-order valence-electron chi connectivity index (χ1n) is 5.98. The van der Waals surface area contributed by atoms with Crippen LogP contribution in [0.5, 0.6) is 0 Å². The third-order valence-electron chi connectivity index (χ3n) is 3.73. The topological polar surface area (TPSA) is 12.0 Å². The first kappa shape index (κ1) is 11.8. The lowest BCUT2D eigenvalue weighted by atomic mass is 10.0. The highest BCUT2D eigenvalue weighted by Gasteiger charge is 2.42. The predicted molar refractivity (Wildman–Crippen MR) is 74.1 cm³/mol. The summed E-state index contributed by atoms with van der Waals surface area (Å²) in [6, 6.07) is 9.43. The van der Waals surface area contributed by atoms with E-state index < -0.39 is 0 Å². The molecule has 1 fully saturated rings. The molecule has 0 heterocycles. The fourth-order valence-electron chi connectivity index (χ4n) is 1.92. The van der Waals surface area contributed by atoms with E-state index in [2.05, 4.69) is 49.7 Å². The molecule has 0 spiro atoms. The molecule has 0 saturated heterocycles. The lowest BCUT2D eigenvalue weighted by molar-refractivity contribution is 0.493. The fraction of sp³-hybridized carbons (Fsp3) is 0.571. The second-order valence-corrected chi connectivity index (χ2v) is 6.02. The van der Waals surface area contributed by atoms with E-state index in [-0.39, 0.29) is 0 Å². The van der Waals surface area contributed by atoms with Gasteiger partial charge < -0.3 is 5.32 Å². The van der Waals surface area contributed by atoms with Gasteiger partial charge in [0.2, 0.25) is 0 Å². The largest absolute Gasteiger partial charge is 0.382 e. The van der Waals surface area contributed by atoms with Crippen LogP contribution >= 0.6 is 11.8 Å². The lowest BCUT2D eigenvalue weighted by Crippen LogP contribution is -2.24. The SMILES string of the molecule is CSCc1ccc(NC(C)C2(C)CC2)cc1. The number of benzene rings is 1. The Labute approximate surface area is 103 Å². The summed E-state index contributed by atoms with van der Waals surface area (Å²) >= 11 is 1.87. The summed E-state index contributed by atoms with van der Waals surface area (Å²) < 4.78 is 0. The van der Waals surface area contributed by atoms with Crippen LogP contribution in [-0.4, -0.2) is 12.3 Å². The Morgan fingerprint density at radius 1 is 1.31 bits per heavy atom. The van der Waals surface area contributed by atoms with E-state index in [0.717, 1.165) is 5.75 Å². The smallest absolute Gasteiger partial charge is 0.0342 e. The van der Waals surface area contributed by atoms with Crippen LogP contribution in [0.1, 0.15) is 32.3 Å². The molecule has 1 aliphatic rings. The Bertz CT molecular complexity index is 340. The molecule has 0 aromatic heterocycles. The van der Waals surface area contributed by atoms with Crippen LogP contribution in [0.15, 0.2) is 24.3 Å². The Morgan fingerprint density at radius 3 is 2.44 bits per heavy atom. The molecular weight excluding hydrogens is 214 g/mol. The van der Waals surface area contributed by atoms with Crippen LogP contribution in [0.2, 0.25) is 0 Å². The molecule has 2 rings (SSSR count). The lowest BCUT2D eigenvalue weighted by Gasteiger charge is -2.21. The van der Waals surface area contributed by atoms with E-state index in [1.807, 2.05) is 11.8 Å². The van der Waals surface area contributed by atoms with Crippen molar-refractivity contribution in [1.82, 2.24) is 0 Å². The number of hydrogen-bond donors (Lipinski definition) is 1. The van der Waals surface area contributed by atoms with Gasteiger partial charge in [-0.1, -0.05) is 19.1 Å². The summed E-state index contributed by atoms with van der Waals surface area (Å²) in [5.41, 5.74) is 3.20. The van der Waals surface area contributed by atoms with Crippen LogP contribution in [-0.2, 0) is 5.75 Å². The number of anilines is 1. The summed E-state index contributed by atoms with van der Waals surface area (Å²) in [5, 5.41) is 3.61. The highest BCUT2D eigenvalue weighted by molar-refractivity contribution is 7.97. The molecule has 1 nitrogen and oxygen atoms in total. The molecular formula is C14H21NS. The number of hydrogen-bond acceptors (Lipinski definition) is 2. The molecule has 1 unspecified atom stereocenters. The standard InChI is InChI=1S/C14H21NS/c1-11(14(2)8-9-14)15-13-6-4-12(5-7-13)10-16-3/h4-7,11,15H,8-10H2,1-3H3. The zero-order valence-corrected chi connectivity index (χ0v) is 11.2. The van der Waals surface area contributed by atoms with Gasteiger partial charge in [0.1, 0.15) is 0 Å². The third-order valence-corrected chi connectivity index (χ3v) is 4.35. The summed E-state index contributed by atoms with van der Waals surface area (Å²) in [5.74, 6) is 1.10. The summed E-state index contributed by atoms with van der Waals surface area (Å²) in [6.45, 7) is 4.66. The Morgan fingerprint density at radius 2 is 1.94 bits per heavy atom. The van der Waals surface area contributed by atoms with Crippen molar-refractivity contribution >= 4 is 17.4 Å². The third kappa shape index (κ3) is 2.73. The highest BCUT2D eigenvalue weighted by Crippen LogP contribution is 2.48. The first-order chi connectivity index (χ1) is 7.64. The van der Waals surface area contributed by atoms with Gasteiger partial charge in [0.15, 0.2) is 0 Å². The van der Waals surface area contributed by atoms with Crippen molar-refractivity contribution in [3.8, 4) is 0 Å². The predicted octanol–water partition coefficient (Wildman–Crippen LogP) is 4.15. The van der Waals surface area contributed by atoms with Crippen molar-refractivity contribution in [3.63, 3.8) is 0 Å². The summed E-state index contributed by atoms with van der Waals surface area (Å²) in [6.07, 6.45) is 4.87. The molecule has 1 atom stereocenters. The molecule has 1 saturated carbocycles. The molecule has 1 aromatic carbocycles. The van der Waals surface area contributed by atoms with Gasteiger partial charge in [-0.05, 0) is 49.1 Å². The van der Waals surface area contributed by atoms with E-state index in [0.29, 0.717) is 11.5 Å². The molecule has 2 heteroatoms. The number of thioether (sulfide) groups is 1. The second-order valence-electron chi connectivity index (χ2n) is 5.15. The van der Waals surface area contributed by atoms with Crippen molar-refractivity contribution in [3.05, 3.63) is 29.8 Å². The minimum Gasteiger partial charge on any atom is -0.382 e. The van der Waals surface area contributed by atoms with E-state index in [9.17, 15) is 0 Å². The van der Waals surface area contributed by atoms with E-state index in [4.69, 9.17) is 0 Å². The van der Waals surface area contributed by atoms with Crippen LogP contribution in [0.3, 0.4) is 0 Å². The maximum absolute atomic E-state index is 3.61. The molecule has 0 amide bonds. The van der Waals surface area contributed by atoms with Gasteiger partial charge in [0.05, 0.1) is 0 Å². The normalized spacial score (nSPS) is 19.2. The van der Waals surface area contributed by atoms with Gasteiger partial charge in [-0.25, -0.2) is 0 Å². The monoisotopic (exact) mass is 235 g/mol. The van der Waals surface area contributed by atoms with E-state index >= 15 is 0 Å². The minimum atomic E-state index is 0.540. The van der Waals surface area contributed by atoms with Gasteiger partial charge in [-0.2, -0.15) is 11.8 Å². The average Bonchev–Trinajstić information content (AvgIpc) is 3.01. The molecule has 0 radical (unpaired) electrons. The van der Waals surface area contributed by atoms with Crippen LogP contribution in [0.4, 0.5) is 5.69 Å². The van der Waals surface area contributed by atoms with Gasteiger partial charge in [0, 0.05) is 17.5 Å². The van der Waals surface area contributed by atoms with Crippen molar-refractivity contribution in [2.24, 2.45) is 5.41 Å². The molecule has 0 aliphatic heterocycles. The second kappa shape index (κ2) is 4.70. The summed E-state index contributed by atoms with van der Waals surface area (Å²) in [4.78, 5) is 0. The zero-order chi connectivity index (χ0) is 11.6. The van der Waals surface area contributed by atoms with E-state index in [1.54, 1.807) is 0 Å². The van der Waals surface area contributed by atoms with E-state index in [1.165, 1.54) is 24.1 Å². The van der Waals surface area contributed by atoms with Gasteiger partial charge in [-0.3, -0.25) is 0 Å². The maximum Gasteiger partial charge on any atom is 0.0342 e. The Kier molecular flexibility index (Phi) is 3.48. The fourth-order valence-corrected chi connectivity index (χ4v) is 2.44. The molecule has 16 heavy (non-hydrogen) atoms. The maximum atomic E-state index is 3.61. The van der Waals surface area contributed by atoms with Crippen LogP contribution < -0.4 is 5.32 Å².